The van der Waals surface area contributed by atoms with Gasteiger partial charge >= 0.3 is 11.9 Å². The molecule has 1 heterocycles. The molecule has 1 saturated heterocycles. The Balaban J connectivity index is 2.10. The van der Waals surface area contributed by atoms with Gasteiger partial charge in [0, 0.05) is 0 Å². The number of rotatable bonds is 6. The lowest BCUT2D eigenvalue weighted by atomic mass is 10.2. The number of hydrogen-bond acceptors (Lipinski definition) is 5. The molecule has 1 aliphatic rings. The molecule has 5 heteroatoms. The normalized spacial score (nSPS) is 17.9. The lowest BCUT2D eigenvalue weighted by Crippen LogP contribution is -2.43. The molecule has 0 radical (unpaired) electrons. The largest absolute Gasteiger partial charge is 0.391 e. The number of esters is 2. The van der Waals surface area contributed by atoms with Gasteiger partial charge in [0.1, 0.15) is 0 Å². The average Bonchev–Trinajstić information content (AvgIpc) is 2.16. The number of ether oxygens (including phenoxy) is 1. The van der Waals surface area contributed by atoms with Crippen LogP contribution in [0.3, 0.4) is 0 Å². The van der Waals surface area contributed by atoms with E-state index in [0.29, 0.717) is 0 Å². The topological polar surface area (TPSA) is 46.6 Å². The van der Waals surface area contributed by atoms with Crippen molar-refractivity contribution in [1.29, 1.82) is 0 Å². The first-order chi connectivity index (χ1) is 7.22. The van der Waals surface area contributed by atoms with E-state index in [1.165, 1.54) is 12.2 Å². The Kier molecular flexibility index (Phi) is 5.71. The Morgan fingerprint density at radius 3 is 2.47 bits per heavy atom. The van der Waals surface area contributed by atoms with Crippen LogP contribution in [0.5, 0.6) is 0 Å². The third-order valence-corrected chi connectivity index (χ3v) is 2.95. The van der Waals surface area contributed by atoms with Gasteiger partial charge in [-0.1, -0.05) is 6.42 Å². The number of nitrogens with zero attached hydrogens (tertiary/aromatic N) is 1. The van der Waals surface area contributed by atoms with Crippen molar-refractivity contribution >= 4 is 23.7 Å². The fourth-order valence-corrected chi connectivity index (χ4v) is 2.02. The number of morpholine rings is 1. The molecular formula is C10H17NO3S. The molecule has 4 nitrogen and oxygen atoms in total. The van der Waals surface area contributed by atoms with Crippen molar-refractivity contribution in [3.63, 3.8) is 0 Å². The van der Waals surface area contributed by atoms with Crippen molar-refractivity contribution in [3.05, 3.63) is 0 Å². The quantitative estimate of drug-likeness (QED) is 0.386. The van der Waals surface area contributed by atoms with Crippen LogP contribution in [-0.2, 0) is 14.3 Å². The van der Waals surface area contributed by atoms with Crippen LogP contribution in [0.4, 0.5) is 0 Å². The zero-order chi connectivity index (χ0) is 11.1. The van der Waals surface area contributed by atoms with Gasteiger partial charge in [-0.3, -0.25) is 14.5 Å². The monoisotopic (exact) mass is 231 g/mol. The zero-order valence-electron chi connectivity index (χ0n) is 9.03. The molecule has 0 unspecified atom stereocenters. The summed E-state index contributed by atoms with van der Waals surface area (Å²) in [4.78, 5) is 23.7. The van der Waals surface area contributed by atoms with E-state index in [9.17, 15) is 9.59 Å². The molecule has 15 heavy (non-hydrogen) atoms. The first-order valence-corrected chi connectivity index (χ1v) is 6.56. The molecule has 1 rings (SSSR count). The van der Waals surface area contributed by atoms with Crippen LogP contribution < -0.4 is 0 Å². The molecule has 0 aromatic rings. The summed E-state index contributed by atoms with van der Waals surface area (Å²) in [6.45, 7) is 1.33. The van der Waals surface area contributed by atoms with E-state index in [4.69, 9.17) is 0 Å². The lowest BCUT2D eigenvalue weighted by molar-refractivity contribution is -0.166. The van der Waals surface area contributed by atoms with Crippen LogP contribution in [0.2, 0.25) is 0 Å². The summed E-state index contributed by atoms with van der Waals surface area (Å²) in [6, 6.07) is 0. The molecule has 0 bridgehead atoms. The van der Waals surface area contributed by atoms with E-state index in [2.05, 4.69) is 11.0 Å². The minimum absolute atomic E-state index is 0.258. The Hall–Kier alpha value is -0.550. The van der Waals surface area contributed by atoms with Crippen LogP contribution >= 0.6 is 11.8 Å². The minimum atomic E-state index is -0.421. The van der Waals surface area contributed by atoms with Crippen LogP contribution in [0.25, 0.3) is 0 Å². The minimum Gasteiger partial charge on any atom is -0.391 e. The number of hydrogen-bond donors (Lipinski definition) is 0. The van der Waals surface area contributed by atoms with Gasteiger partial charge in [0.2, 0.25) is 0 Å². The smallest absolute Gasteiger partial charge is 0.327 e. The second-order valence-electron chi connectivity index (χ2n) is 3.61. The Labute approximate surface area is 94.3 Å². The summed E-state index contributed by atoms with van der Waals surface area (Å²) in [7, 11) is 0. The van der Waals surface area contributed by atoms with E-state index in [1.54, 1.807) is 0 Å². The number of carbonyl (C=O) groups is 2. The fraction of sp³-hybridized carbons (Fsp3) is 0.800. The van der Waals surface area contributed by atoms with Gasteiger partial charge in [-0.05, 0) is 31.4 Å². The van der Waals surface area contributed by atoms with Crippen molar-refractivity contribution in [2.75, 3.05) is 31.6 Å². The van der Waals surface area contributed by atoms with Crippen LogP contribution in [0, 0.1) is 0 Å². The van der Waals surface area contributed by atoms with Crippen LogP contribution in [-0.4, -0.2) is 48.5 Å². The number of unbranched alkanes of at least 4 members (excludes halogenated alkanes) is 2. The number of carbonyl (C=O) groups excluding carboxylic acids is 2. The molecule has 0 aromatic heterocycles. The van der Waals surface area contributed by atoms with E-state index in [0.717, 1.165) is 19.4 Å². The third kappa shape index (κ3) is 5.18. The molecule has 0 spiro atoms. The predicted octanol–water partition coefficient (Wildman–Crippen LogP) is 0.905. The molecular weight excluding hydrogens is 214 g/mol. The summed E-state index contributed by atoms with van der Waals surface area (Å²) in [6.07, 6.45) is 5.49. The molecule has 86 valence electrons. The molecule has 1 fully saturated rings. The average molecular weight is 231 g/mol. The van der Waals surface area contributed by atoms with Crippen molar-refractivity contribution in [3.8, 4) is 0 Å². The van der Waals surface area contributed by atoms with Crippen molar-refractivity contribution in [1.82, 2.24) is 4.90 Å². The van der Waals surface area contributed by atoms with Crippen molar-refractivity contribution in [2.24, 2.45) is 0 Å². The highest BCUT2D eigenvalue weighted by Gasteiger charge is 2.23. The lowest BCUT2D eigenvalue weighted by Gasteiger charge is -2.23. The Bertz CT molecular complexity index is 217. The van der Waals surface area contributed by atoms with Crippen LogP contribution in [0.1, 0.15) is 19.3 Å². The predicted molar refractivity (Wildman–Crippen MR) is 59.8 cm³/mol. The van der Waals surface area contributed by atoms with Crippen molar-refractivity contribution < 1.29 is 14.3 Å². The molecule has 0 aliphatic carbocycles. The van der Waals surface area contributed by atoms with Gasteiger partial charge in [0.15, 0.2) is 0 Å². The molecule has 0 N–H and O–H groups in total. The van der Waals surface area contributed by atoms with Gasteiger partial charge in [0.05, 0.1) is 13.1 Å². The maximum atomic E-state index is 10.9. The molecule has 1 aliphatic heterocycles. The SMILES string of the molecule is CSCCCCCN1CC(=O)OC(=O)C1. The second kappa shape index (κ2) is 6.85. The standard InChI is InChI=1S/C10H17NO3S/c1-15-6-4-2-3-5-11-7-9(12)14-10(13)8-11/h2-8H2,1H3. The maximum absolute atomic E-state index is 10.9. The van der Waals surface area contributed by atoms with Gasteiger partial charge in [0.25, 0.3) is 0 Å². The molecule has 0 amide bonds. The van der Waals surface area contributed by atoms with Crippen molar-refractivity contribution in [2.45, 2.75) is 19.3 Å². The molecule has 0 aromatic carbocycles. The Morgan fingerprint density at radius 1 is 1.20 bits per heavy atom. The van der Waals surface area contributed by atoms with E-state index >= 15 is 0 Å². The first kappa shape index (κ1) is 12.5. The summed E-state index contributed by atoms with van der Waals surface area (Å²) in [5, 5.41) is 0. The highest BCUT2D eigenvalue weighted by Crippen LogP contribution is 2.06. The maximum Gasteiger partial charge on any atom is 0.327 e. The molecule has 0 saturated carbocycles. The van der Waals surface area contributed by atoms with Gasteiger partial charge in [-0.15, -0.1) is 0 Å². The van der Waals surface area contributed by atoms with E-state index in [1.807, 2.05) is 16.7 Å². The van der Waals surface area contributed by atoms with Gasteiger partial charge in [-0.25, -0.2) is 0 Å². The number of cyclic esters (lactones) is 2. The van der Waals surface area contributed by atoms with E-state index < -0.39 is 11.9 Å². The fourth-order valence-electron chi connectivity index (χ4n) is 1.53. The summed E-state index contributed by atoms with van der Waals surface area (Å²) < 4.78 is 4.44. The van der Waals surface area contributed by atoms with Crippen LogP contribution in [0.15, 0.2) is 0 Å². The molecule has 0 atom stereocenters. The summed E-state index contributed by atoms with van der Waals surface area (Å²) in [5.41, 5.74) is 0. The highest BCUT2D eigenvalue weighted by atomic mass is 32.2. The Morgan fingerprint density at radius 2 is 1.87 bits per heavy atom. The van der Waals surface area contributed by atoms with E-state index in [-0.39, 0.29) is 13.1 Å². The summed E-state index contributed by atoms with van der Waals surface area (Å²) in [5.74, 6) is 0.340. The highest BCUT2D eigenvalue weighted by molar-refractivity contribution is 7.98. The summed E-state index contributed by atoms with van der Waals surface area (Å²) >= 11 is 1.85. The second-order valence-corrected chi connectivity index (χ2v) is 4.60. The van der Waals surface area contributed by atoms with Gasteiger partial charge in [-0.2, -0.15) is 11.8 Å². The number of thioether (sulfide) groups is 1. The third-order valence-electron chi connectivity index (χ3n) is 2.26. The first-order valence-electron chi connectivity index (χ1n) is 5.17. The zero-order valence-corrected chi connectivity index (χ0v) is 9.85. The van der Waals surface area contributed by atoms with Gasteiger partial charge < -0.3 is 4.74 Å².